The summed E-state index contributed by atoms with van der Waals surface area (Å²) in [5, 5.41) is 0. The molecule has 0 unspecified atom stereocenters. The Hall–Kier alpha value is -2.01. The fraction of sp³-hybridized carbons (Fsp3) is 0.154. The van der Waals surface area contributed by atoms with Crippen LogP contribution in [0.25, 0.3) is 0 Å². The Kier molecular flexibility index (Phi) is 3.84. The molecule has 0 atom stereocenters. The lowest BCUT2D eigenvalue weighted by Crippen LogP contribution is -2.13. The summed E-state index contributed by atoms with van der Waals surface area (Å²) in [4.78, 5) is 8.33. The molecule has 4 nitrogen and oxygen atoms in total. The average molecular weight is 259 g/mol. The standard InChI is InChI=1S/C13H13N3OS/c1-2-9-4-3-5-10(8-9)17-13-11(12(14)18)15-6-7-16-13/h3-8H,2H2,1H3,(H2,14,18). The Bertz CT molecular complexity index is 572. The van der Waals surface area contributed by atoms with Crippen molar-refractivity contribution in [1.29, 1.82) is 0 Å². The molecule has 2 N–H and O–H groups in total. The third kappa shape index (κ3) is 2.81. The highest BCUT2D eigenvalue weighted by Gasteiger charge is 2.10. The Balaban J connectivity index is 2.31. The highest BCUT2D eigenvalue weighted by molar-refractivity contribution is 7.80. The molecule has 0 fully saturated rings. The van der Waals surface area contributed by atoms with E-state index in [2.05, 4.69) is 16.9 Å². The lowest BCUT2D eigenvalue weighted by Gasteiger charge is -2.08. The number of thiocarbonyl (C=S) groups is 1. The largest absolute Gasteiger partial charge is 0.437 e. The lowest BCUT2D eigenvalue weighted by molar-refractivity contribution is 0.458. The third-order valence-electron chi connectivity index (χ3n) is 2.42. The van der Waals surface area contributed by atoms with Gasteiger partial charge >= 0.3 is 0 Å². The molecular weight excluding hydrogens is 246 g/mol. The van der Waals surface area contributed by atoms with E-state index < -0.39 is 0 Å². The zero-order valence-corrected chi connectivity index (χ0v) is 10.8. The Labute approximate surface area is 111 Å². The molecule has 18 heavy (non-hydrogen) atoms. The molecule has 0 radical (unpaired) electrons. The van der Waals surface area contributed by atoms with E-state index in [4.69, 9.17) is 22.7 Å². The normalized spacial score (nSPS) is 10.1. The van der Waals surface area contributed by atoms with Gasteiger partial charge in [-0.2, -0.15) is 0 Å². The van der Waals surface area contributed by atoms with E-state index in [1.807, 2.05) is 24.3 Å². The van der Waals surface area contributed by atoms with Crippen LogP contribution in [0.5, 0.6) is 11.6 Å². The molecule has 2 aromatic rings. The number of aromatic nitrogens is 2. The summed E-state index contributed by atoms with van der Waals surface area (Å²) in [6, 6.07) is 7.79. The fourth-order valence-electron chi connectivity index (χ4n) is 1.51. The van der Waals surface area contributed by atoms with Gasteiger partial charge < -0.3 is 10.5 Å². The molecule has 0 amide bonds. The first-order chi connectivity index (χ1) is 8.70. The molecule has 1 aromatic heterocycles. The molecule has 92 valence electrons. The molecule has 0 saturated carbocycles. The van der Waals surface area contributed by atoms with Gasteiger partial charge in [0.1, 0.15) is 10.7 Å². The van der Waals surface area contributed by atoms with Crippen LogP contribution in [0.4, 0.5) is 0 Å². The Morgan fingerprint density at radius 2 is 2.11 bits per heavy atom. The second-order valence-electron chi connectivity index (χ2n) is 3.68. The molecule has 0 aliphatic carbocycles. The van der Waals surface area contributed by atoms with E-state index in [0.717, 1.165) is 6.42 Å². The zero-order valence-electron chi connectivity index (χ0n) is 9.96. The number of ether oxygens (including phenoxy) is 1. The van der Waals surface area contributed by atoms with Crippen LogP contribution in [-0.2, 0) is 6.42 Å². The minimum Gasteiger partial charge on any atom is -0.437 e. The highest BCUT2D eigenvalue weighted by atomic mass is 32.1. The van der Waals surface area contributed by atoms with Crippen LogP contribution in [0.15, 0.2) is 36.7 Å². The quantitative estimate of drug-likeness (QED) is 0.855. The monoisotopic (exact) mass is 259 g/mol. The molecule has 2 rings (SSSR count). The molecule has 0 saturated heterocycles. The number of nitrogens with two attached hydrogens (primary N) is 1. The van der Waals surface area contributed by atoms with Crippen molar-refractivity contribution in [1.82, 2.24) is 9.97 Å². The maximum Gasteiger partial charge on any atom is 0.248 e. The Morgan fingerprint density at radius 3 is 2.83 bits per heavy atom. The average Bonchev–Trinajstić information content (AvgIpc) is 2.39. The maximum absolute atomic E-state index is 5.67. The number of benzene rings is 1. The van der Waals surface area contributed by atoms with E-state index >= 15 is 0 Å². The summed E-state index contributed by atoms with van der Waals surface area (Å²) in [6.45, 7) is 2.09. The van der Waals surface area contributed by atoms with Gasteiger partial charge in [0.25, 0.3) is 0 Å². The first-order valence-electron chi connectivity index (χ1n) is 5.58. The van der Waals surface area contributed by atoms with Crippen molar-refractivity contribution < 1.29 is 4.74 Å². The number of hydrogen-bond donors (Lipinski definition) is 1. The summed E-state index contributed by atoms with van der Waals surface area (Å²) in [5.74, 6) is 1.03. The number of rotatable bonds is 4. The number of hydrogen-bond acceptors (Lipinski definition) is 4. The van der Waals surface area contributed by atoms with Gasteiger partial charge in [0.05, 0.1) is 0 Å². The van der Waals surface area contributed by atoms with Crippen LogP contribution in [0.1, 0.15) is 18.2 Å². The van der Waals surface area contributed by atoms with Crippen LogP contribution >= 0.6 is 12.2 Å². The number of aryl methyl sites for hydroxylation is 1. The van der Waals surface area contributed by atoms with Crippen LogP contribution in [0.3, 0.4) is 0 Å². The van der Waals surface area contributed by atoms with Crippen molar-refractivity contribution in [2.24, 2.45) is 5.73 Å². The van der Waals surface area contributed by atoms with E-state index in [9.17, 15) is 0 Å². The molecule has 1 heterocycles. The Morgan fingerprint density at radius 1 is 1.33 bits per heavy atom. The van der Waals surface area contributed by atoms with E-state index in [0.29, 0.717) is 17.3 Å². The van der Waals surface area contributed by atoms with E-state index in [1.54, 1.807) is 6.20 Å². The van der Waals surface area contributed by atoms with Crippen LogP contribution in [-0.4, -0.2) is 15.0 Å². The van der Waals surface area contributed by atoms with E-state index in [1.165, 1.54) is 11.8 Å². The first-order valence-corrected chi connectivity index (χ1v) is 5.99. The van der Waals surface area contributed by atoms with Gasteiger partial charge in [0.15, 0.2) is 5.69 Å². The summed E-state index contributed by atoms with van der Waals surface area (Å²) < 4.78 is 5.67. The summed E-state index contributed by atoms with van der Waals surface area (Å²) in [5.41, 5.74) is 7.16. The lowest BCUT2D eigenvalue weighted by atomic mass is 10.2. The van der Waals surface area contributed by atoms with Crippen molar-refractivity contribution in [3.8, 4) is 11.6 Å². The van der Waals surface area contributed by atoms with Crippen molar-refractivity contribution >= 4 is 17.2 Å². The minimum atomic E-state index is 0.171. The minimum absolute atomic E-state index is 0.171. The smallest absolute Gasteiger partial charge is 0.248 e. The van der Waals surface area contributed by atoms with Gasteiger partial charge in [0.2, 0.25) is 5.88 Å². The maximum atomic E-state index is 5.67. The summed E-state index contributed by atoms with van der Waals surface area (Å²) in [6.07, 6.45) is 4.02. The molecule has 0 bridgehead atoms. The fourth-order valence-corrected chi connectivity index (χ4v) is 1.65. The molecule has 0 aliphatic rings. The van der Waals surface area contributed by atoms with Crippen molar-refractivity contribution in [3.05, 3.63) is 47.9 Å². The third-order valence-corrected chi connectivity index (χ3v) is 2.61. The molecular formula is C13H13N3OS. The van der Waals surface area contributed by atoms with Crippen molar-refractivity contribution in [2.45, 2.75) is 13.3 Å². The second kappa shape index (κ2) is 5.55. The van der Waals surface area contributed by atoms with Gasteiger partial charge in [-0.15, -0.1) is 0 Å². The van der Waals surface area contributed by atoms with Crippen LogP contribution in [0.2, 0.25) is 0 Å². The topological polar surface area (TPSA) is 61.0 Å². The highest BCUT2D eigenvalue weighted by Crippen LogP contribution is 2.22. The summed E-state index contributed by atoms with van der Waals surface area (Å²) >= 11 is 4.91. The molecule has 0 aliphatic heterocycles. The van der Waals surface area contributed by atoms with Gasteiger partial charge in [0, 0.05) is 12.4 Å². The predicted octanol–water partition coefficient (Wildman–Crippen LogP) is 2.47. The van der Waals surface area contributed by atoms with E-state index in [-0.39, 0.29) is 4.99 Å². The van der Waals surface area contributed by atoms with Crippen molar-refractivity contribution in [3.63, 3.8) is 0 Å². The van der Waals surface area contributed by atoms with Gasteiger partial charge in [-0.1, -0.05) is 31.3 Å². The first kappa shape index (κ1) is 12.4. The van der Waals surface area contributed by atoms with Gasteiger partial charge in [-0.05, 0) is 24.1 Å². The molecule has 1 aromatic carbocycles. The predicted molar refractivity (Wildman–Crippen MR) is 73.8 cm³/mol. The molecule has 0 spiro atoms. The van der Waals surface area contributed by atoms with Gasteiger partial charge in [-0.3, -0.25) is 0 Å². The van der Waals surface area contributed by atoms with Crippen molar-refractivity contribution in [2.75, 3.05) is 0 Å². The zero-order chi connectivity index (χ0) is 13.0. The second-order valence-corrected chi connectivity index (χ2v) is 4.12. The molecule has 5 heteroatoms. The van der Waals surface area contributed by atoms with Crippen LogP contribution < -0.4 is 10.5 Å². The summed E-state index contributed by atoms with van der Waals surface area (Å²) in [7, 11) is 0. The SMILES string of the molecule is CCc1cccc(Oc2nccnc2C(N)=S)c1. The van der Waals surface area contributed by atoms with Gasteiger partial charge in [-0.25, -0.2) is 9.97 Å². The number of nitrogens with zero attached hydrogens (tertiary/aromatic N) is 2. The van der Waals surface area contributed by atoms with Crippen LogP contribution in [0, 0.1) is 0 Å².